The van der Waals surface area contributed by atoms with Crippen molar-refractivity contribution in [2.45, 2.75) is 61.2 Å². The van der Waals surface area contributed by atoms with E-state index in [-0.39, 0.29) is 11.2 Å². The van der Waals surface area contributed by atoms with Gasteiger partial charge in [-0.15, -0.1) is 10.2 Å². The number of anilines is 1. The second kappa shape index (κ2) is 9.20. The van der Waals surface area contributed by atoms with E-state index in [0.717, 1.165) is 15.0 Å². The third-order valence-electron chi connectivity index (χ3n) is 4.30. The Morgan fingerprint density at radius 1 is 1.24 bits per heavy atom. The number of carbonyl (C=O) groups is 1. The van der Waals surface area contributed by atoms with Gasteiger partial charge < -0.3 is 10.6 Å². The summed E-state index contributed by atoms with van der Waals surface area (Å²) in [5.74, 6) is 0.0193. The number of nitrogens with one attached hydrogen (secondary N) is 2. The van der Waals surface area contributed by atoms with Gasteiger partial charge >= 0.3 is 0 Å². The second-order valence-electron chi connectivity index (χ2n) is 6.32. The second-order valence-corrected chi connectivity index (χ2v) is 8.88. The quantitative estimate of drug-likeness (QED) is 0.713. The van der Waals surface area contributed by atoms with Gasteiger partial charge in [-0.1, -0.05) is 72.7 Å². The molecule has 1 aliphatic carbocycles. The zero-order chi connectivity index (χ0) is 17.5. The first-order chi connectivity index (χ1) is 12.2. The fourth-order valence-electron chi connectivity index (χ4n) is 2.87. The molecule has 1 aliphatic rings. The van der Waals surface area contributed by atoms with Gasteiger partial charge in [0, 0.05) is 12.6 Å². The van der Waals surface area contributed by atoms with Crippen molar-refractivity contribution in [1.82, 2.24) is 15.5 Å². The lowest BCUT2D eigenvalue weighted by Gasteiger charge is -2.21. The normalized spacial score (nSPS) is 16.4. The van der Waals surface area contributed by atoms with Gasteiger partial charge in [0.1, 0.15) is 0 Å². The molecule has 0 radical (unpaired) electrons. The monoisotopic (exact) mass is 376 g/mol. The average molecular weight is 377 g/mol. The number of hydrogen-bond donors (Lipinski definition) is 2. The van der Waals surface area contributed by atoms with Gasteiger partial charge in [0.2, 0.25) is 11.0 Å². The molecule has 1 amide bonds. The first-order valence-corrected chi connectivity index (χ1v) is 10.5. The lowest BCUT2D eigenvalue weighted by Crippen LogP contribution is -2.30. The molecule has 1 atom stereocenters. The molecule has 3 rings (SSSR count). The summed E-state index contributed by atoms with van der Waals surface area (Å²) in [5, 5.41) is 15.6. The van der Waals surface area contributed by atoms with Crippen LogP contribution in [0, 0.1) is 0 Å². The highest BCUT2D eigenvalue weighted by Gasteiger charge is 2.19. The summed E-state index contributed by atoms with van der Waals surface area (Å²) < 4.78 is 0.834. The van der Waals surface area contributed by atoms with E-state index in [1.54, 1.807) is 0 Å². The van der Waals surface area contributed by atoms with Gasteiger partial charge in [-0.3, -0.25) is 4.79 Å². The van der Waals surface area contributed by atoms with E-state index in [0.29, 0.717) is 12.6 Å². The molecule has 1 aromatic heterocycles. The van der Waals surface area contributed by atoms with Crippen LogP contribution in [-0.4, -0.2) is 27.4 Å². The third-order valence-corrected chi connectivity index (χ3v) is 6.33. The number of aromatic nitrogens is 2. The van der Waals surface area contributed by atoms with E-state index >= 15 is 0 Å². The molecule has 0 saturated heterocycles. The van der Waals surface area contributed by atoms with Crippen LogP contribution in [-0.2, 0) is 11.3 Å². The van der Waals surface area contributed by atoms with Gasteiger partial charge in [-0.25, -0.2) is 0 Å². The molecule has 2 N–H and O–H groups in total. The highest BCUT2D eigenvalue weighted by atomic mass is 32.2. The first kappa shape index (κ1) is 18.2. The zero-order valence-electron chi connectivity index (χ0n) is 14.4. The Balaban J connectivity index is 1.45. The maximum atomic E-state index is 12.3. The molecule has 2 aromatic rings. The van der Waals surface area contributed by atoms with Crippen LogP contribution < -0.4 is 10.6 Å². The smallest absolute Gasteiger partial charge is 0.233 e. The number of hydrogen-bond acceptors (Lipinski definition) is 6. The summed E-state index contributed by atoms with van der Waals surface area (Å²) in [7, 11) is 0. The number of carbonyl (C=O) groups excluding carboxylic acids is 1. The minimum Gasteiger partial charge on any atom is -0.357 e. The van der Waals surface area contributed by atoms with Crippen LogP contribution in [0.3, 0.4) is 0 Å². The predicted octanol–water partition coefficient (Wildman–Crippen LogP) is 4.08. The Hall–Kier alpha value is -1.60. The topological polar surface area (TPSA) is 66.9 Å². The predicted molar refractivity (Wildman–Crippen MR) is 104 cm³/mol. The van der Waals surface area contributed by atoms with Crippen LogP contribution in [0.15, 0.2) is 34.7 Å². The molecule has 134 valence electrons. The summed E-state index contributed by atoms with van der Waals surface area (Å²) in [6.07, 6.45) is 6.33. The molecule has 1 aromatic carbocycles. The summed E-state index contributed by atoms with van der Waals surface area (Å²) in [5.41, 5.74) is 1.10. The van der Waals surface area contributed by atoms with Crippen LogP contribution >= 0.6 is 23.1 Å². The minimum atomic E-state index is -0.195. The zero-order valence-corrected chi connectivity index (χ0v) is 16.0. The van der Waals surface area contributed by atoms with Crippen LogP contribution in [0.5, 0.6) is 0 Å². The Morgan fingerprint density at radius 3 is 2.76 bits per heavy atom. The average Bonchev–Trinajstić information content (AvgIpc) is 3.08. The number of benzene rings is 1. The molecule has 1 heterocycles. The standard InChI is InChI=1S/C18H24N4OS2/c1-13(16(23)19-12-14-8-4-2-5-9-14)24-18-22-21-17(25-18)20-15-10-6-3-7-11-15/h2,4-5,8-9,13,15H,3,6-7,10-12H2,1H3,(H,19,23)(H,20,21)/t13-/m1/s1. The van der Waals surface area contributed by atoms with Crippen LogP contribution in [0.4, 0.5) is 5.13 Å². The molecule has 0 spiro atoms. The molecule has 1 saturated carbocycles. The van der Waals surface area contributed by atoms with E-state index in [9.17, 15) is 4.79 Å². The molecule has 0 bridgehead atoms. The highest BCUT2D eigenvalue weighted by Crippen LogP contribution is 2.30. The Morgan fingerprint density at radius 2 is 2.00 bits per heavy atom. The number of rotatable bonds is 7. The molecule has 7 heteroatoms. The third kappa shape index (κ3) is 5.71. The Kier molecular flexibility index (Phi) is 6.69. The fourth-order valence-corrected chi connectivity index (χ4v) is 4.87. The lowest BCUT2D eigenvalue weighted by atomic mass is 9.96. The van der Waals surface area contributed by atoms with E-state index < -0.39 is 0 Å². The first-order valence-electron chi connectivity index (χ1n) is 8.79. The van der Waals surface area contributed by atoms with Crippen molar-refractivity contribution in [1.29, 1.82) is 0 Å². The van der Waals surface area contributed by atoms with Crippen molar-refractivity contribution in [2.75, 3.05) is 5.32 Å². The molecular weight excluding hydrogens is 352 g/mol. The number of thioether (sulfide) groups is 1. The van der Waals surface area contributed by atoms with Gasteiger partial charge in [0.05, 0.1) is 5.25 Å². The molecular formula is C18H24N4OS2. The summed E-state index contributed by atoms with van der Waals surface area (Å²) in [6.45, 7) is 2.45. The maximum Gasteiger partial charge on any atom is 0.233 e. The highest BCUT2D eigenvalue weighted by molar-refractivity contribution is 8.02. The van der Waals surface area contributed by atoms with E-state index in [1.807, 2.05) is 37.3 Å². The van der Waals surface area contributed by atoms with Crippen molar-refractivity contribution in [3.63, 3.8) is 0 Å². The van der Waals surface area contributed by atoms with Crippen LogP contribution in [0.25, 0.3) is 0 Å². The largest absolute Gasteiger partial charge is 0.357 e. The van der Waals surface area contributed by atoms with Gasteiger partial charge in [0.15, 0.2) is 4.34 Å². The van der Waals surface area contributed by atoms with E-state index in [2.05, 4.69) is 20.8 Å². The lowest BCUT2D eigenvalue weighted by molar-refractivity contribution is -0.120. The maximum absolute atomic E-state index is 12.3. The van der Waals surface area contributed by atoms with Gasteiger partial charge in [0.25, 0.3) is 0 Å². The number of nitrogens with zero attached hydrogens (tertiary/aromatic N) is 2. The molecule has 1 fully saturated rings. The Bertz CT molecular complexity index is 671. The molecule has 25 heavy (non-hydrogen) atoms. The summed E-state index contributed by atoms with van der Waals surface area (Å²) in [4.78, 5) is 12.3. The molecule has 0 aliphatic heterocycles. The Labute approximate surface area is 157 Å². The van der Waals surface area contributed by atoms with Crippen molar-refractivity contribution in [3.05, 3.63) is 35.9 Å². The summed E-state index contributed by atoms with van der Waals surface area (Å²) >= 11 is 3.00. The van der Waals surface area contributed by atoms with Crippen molar-refractivity contribution >= 4 is 34.1 Å². The van der Waals surface area contributed by atoms with Gasteiger partial charge in [-0.05, 0) is 25.3 Å². The van der Waals surface area contributed by atoms with Crippen molar-refractivity contribution in [3.8, 4) is 0 Å². The van der Waals surface area contributed by atoms with Crippen LogP contribution in [0.1, 0.15) is 44.6 Å². The fraction of sp³-hybridized carbons (Fsp3) is 0.500. The molecule has 5 nitrogen and oxygen atoms in total. The number of amides is 1. The summed E-state index contributed by atoms with van der Waals surface area (Å²) in [6, 6.07) is 10.4. The SMILES string of the molecule is C[C@@H](Sc1nnc(NC2CCCCC2)s1)C(=O)NCc1ccccc1. The van der Waals surface area contributed by atoms with E-state index in [4.69, 9.17) is 0 Å². The van der Waals surface area contributed by atoms with Gasteiger partial charge in [-0.2, -0.15) is 0 Å². The minimum absolute atomic E-state index is 0.0193. The van der Waals surface area contributed by atoms with E-state index in [1.165, 1.54) is 55.2 Å². The van der Waals surface area contributed by atoms with Crippen molar-refractivity contribution in [2.24, 2.45) is 0 Å². The van der Waals surface area contributed by atoms with Crippen molar-refractivity contribution < 1.29 is 4.79 Å². The van der Waals surface area contributed by atoms with Crippen LogP contribution in [0.2, 0.25) is 0 Å². The molecule has 0 unspecified atom stereocenters.